The van der Waals surface area contributed by atoms with Gasteiger partial charge < -0.3 is 19.9 Å². The number of nitrogen functional groups attached to an aromatic ring is 1. The Morgan fingerprint density at radius 2 is 1.91 bits per heavy atom. The number of pyridine rings is 1. The average molecular weight is 316 g/mol. The number of nitrogens with zero attached hydrogens (tertiary/aromatic N) is 1. The first kappa shape index (κ1) is 15.9. The summed E-state index contributed by atoms with van der Waals surface area (Å²) in [6.07, 6.45) is 2.08. The lowest BCUT2D eigenvalue weighted by atomic mass is 9.89. The Balaban J connectivity index is 2.13. The molecule has 0 radical (unpaired) electrons. The van der Waals surface area contributed by atoms with Crippen molar-refractivity contribution < 1.29 is 14.2 Å². The van der Waals surface area contributed by atoms with Crippen LogP contribution in [0.25, 0.3) is 10.9 Å². The molecule has 0 spiro atoms. The average Bonchev–Trinajstić information content (AvgIpc) is 2.53. The summed E-state index contributed by atoms with van der Waals surface area (Å²) in [5, 5.41) is 1.08. The van der Waals surface area contributed by atoms with Gasteiger partial charge in [-0.3, -0.25) is 0 Å². The zero-order valence-corrected chi connectivity index (χ0v) is 14.0. The third kappa shape index (κ3) is 3.34. The van der Waals surface area contributed by atoms with Gasteiger partial charge in [-0.1, -0.05) is 0 Å². The molecule has 0 bridgehead atoms. The lowest BCUT2D eigenvalue weighted by Gasteiger charge is -2.24. The maximum atomic E-state index is 6.04. The van der Waals surface area contributed by atoms with Crippen molar-refractivity contribution in [2.45, 2.75) is 38.7 Å². The van der Waals surface area contributed by atoms with Crippen LogP contribution in [0.15, 0.2) is 18.2 Å². The van der Waals surface area contributed by atoms with Gasteiger partial charge in [0, 0.05) is 24.7 Å². The number of aromatic nitrogens is 1. The van der Waals surface area contributed by atoms with Crippen molar-refractivity contribution in [1.82, 2.24) is 4.98 Å². The number of ether oxygens (including phenoxy) is 3. The summed E-state index contributed by atoms with van der Waals surface area (Å²) < 4.78 is 16.8. The van der Waals surface area contributed by atoms with E-state index in [4.69, 9.17) is 19.9 Å². The molecule has 23 heavy (non-hydrogen) atoms. The van der Waals surface area contributed by atoms with Crippen LogP contribution in [0.3, 0.4) is 0 Å². The molecule has 0 unspecified atom stereocenters. The van der Waals surface area contributed by atoms with Gasteiger partial charge in [0.25, 0.3) is 0 Å². The third-order valence-electron chi connectivity index (χ3n) is 4.17. The topological polar surface area (TPSA) is 66.6 Å². The van der Waals surface area contributed by atoms with Crippen molar-refractivity contribution in [3.05, 3.63) is 23.8 Å². The smallest absolute Gasteiger partial charge is 0.163 e. The second-order valence-electron chi connectivity index (χ2n) is 6.21. The van der Waals surface area contributed by atoms with Crippen LogP contribution in [0.1, 0.15) is 38.2 Å². The van der Waals surface area contributed by atoms with E-state index >= 15 is 0 Å². The number of anilines is 1. The Kier molecular flexibility index (Phi) is 4.57. The summed E-state index contributed by atoms with van der Waals surface area (Å²) in [6, 6.07) is 5.93. The first-order valence-electron chi connectivity index (χ1n) is 8.11. The molecule has 2 N–H and O–H groups in total. The molecule has 124 valence electrons. The van der Waals surface area contributed by atoms with E-state index in [1.807, 2.05) is 32.0 Å². The van der Waals surface area contributed by atoms with Crippen LogP contribution < -0.4 is 15.2 Å². The summed E-state index contributed by atoms with van der Waals surface area (Å²) in [5.74, 6) is 2.41. The standard InChI is InChI=1S/C18H24N2O3/c1-11(2)23-17-10-15-14(8-16(17)21-3)13(9-18(19)20-15)12-4-6-22-7-5-12/h8-12H,4-7H2,1-3H3,(H2,19,20). The van der Waals surface area contributed by atoms with Crippen LogP contribution in [0, 0.1) is 0 Å². The van der Waals surface area contributed by atoms with Crippen LogP contribution >= 0.6 is 0 Å². The molecular weight excluding hydrogens is 292 g/mol. The fourth-order valence-corrected chi connectivity index (χ4v) is 3.13. The molecule has 1 aliphatic heterocycles. The number of methoxy groups -OCH3 is 1. The Hall–Kier alpha value is -2.01. The minimum absolute atomic E-state index is 0.0670. The third-order valence-corrected chi connectivity index (χ3v) is 4.17. The molecule has 2 heterocycles. The Morgan fingerprint density at radius 3 is 2.57 bits per heavy atom. The van der Waals surface area contributed by atoms with E-state index in [1.54, 1.807) is 7.11 Å². The molecule has 0 amide bonds. The van der Waals surface area contributed by atoms with Crippen molar-refractivity contribution in [3.8, 4) is 11.5 Å². The van der Waals surface area contributed by atoms with Gasteiger partial charge in [-0.2, -0.15) is 0 Å². The summed E-state index contributed by atoms with van der Waals surface area (Å²) in [7, 11) is 1.66. The van der Waals surface area contributed by atoms with Crippen LogP contribution in [0.5, 0.6) is 11.5 Å². The predicted octanol–water partition coefficient (Wildman–Crippen LogP) is 3.51. The Labute approximate surface area is 136 Å². The van der Waals surface area contributed by atoms with Crippen LogP contribution in [0.2, 0.25) is 0 Å². The van der Waals surface area contributed by atoms with Gasteiger partial charge in [-0.05, 0) is 50.3 Å². The minimum atomic E-state index is 0.0670. The quantitative estimate of drug-likeness (QED) is 0.935. The zero-order valence-electron chi connectivity index (χ0n) is 14.0. The highest BCUT2D eigenvalue weighted by atomic mass is 16.5. The van der Waals surface area contributed by atoms with Gasteiger partial charge in [0.1, 0.15) is 5.82 Å². The monoisotopic (exact) mass is 316 g/mol. The molecule has 5 nitrogen and oxygen atoms in total. The molecule has 1 aromatic heterocycles. The molecule has 0 saturated carbocycles. The first-order chi connectivity index (χ1) is 11.1. The highest BCUT2D eigenvalue weighted by Crippen LogP contribution is 2.38. The minimum Gasteiger partial charge on any atom is -0.493 e. The van der Waals surface area contributed by atoms with Crippen LogP contribution in [-0.2, 0) is 4.74 Å². The van der Waals surface area contributed by atoms with Gasteiger partial charge in [-0.25, -0.2) is 4.98 Å². The number of hydrogen-bond acceptors (Lipinski definition) is 5. The zero-order chi connectivity index (χ0) is 16.4. The van der Waals surface area contributed by atoms with Crippen molar-refractivity contribution >= 4 is 16.7 Å². The number of fused-ring (bicyclic) bond motifs is 1. The lowest BCUT2D eigenvalue weighted by molar-refractivity contribution is 0.0856. The van der Waals surface area contributed by atoms with E-state index in [0.717, 1.165) is 42.7 Å². The van der Waals surface area contributed by atoms with Gasteiger partial charge in [0.05, 0.1) is 18.7 Å². The highest BCUT2D eigenvalue weighted by Gasteiger charge is 2.21. The summed E-state index contributed by atoms with van der Waals surface area (Å²) in [6.45, 7) is 5.56. The fraction of sp³-hybridized carbons (Fsp3) is 0.500. The second-order valence-corrected chi connectivity index (χ2v) is 6.21. The number of rotatable bonds is 4. The van der Waals surface area contributed by atoms with Crippen LogP contribution in [0.4, 0.5) is 5.82 Å². The van der Waals surface area contributed by atoms with E-state index < -0.39 is 0 Å². The summed E-state index contributed by atoms with van der Waals surface area (Å²) >= 11 is 0. The molecule has 1 fully saturated rings. The highest BCUT2D eigenvalue weighted by molar-refractivity contribution is 5.87. The van der Waals surface area contributed by atoms with Gasteiger partial charge in [0.2, 0.25) is 0 Å². The molecular formula is C18H24N2O3. The van der Waals surface area contributed by atoms with E-state index in [2.05, 4.69) is 4.98 Å². The maximum absolute atomic E-state index is 6.04. The maximum Gasteiger partial charge on any atom is 0.163 e. The largest absolute Gasteiger partial charge is 0.493 e. The predicted molar refractivity (Wildman–Crippen MR) is 91.3 cm³/mol. The van der Waals surface area contributed by atoms with Gasteiger partial charge in [0.15, 0.2) is 11.5 Å². The summed E-state index contributed by atoms with van der Waals surface area (Å²) in [4.78, 5) is 4.49. The molecule has 2 aromatic rings. The number of hydrogen-bond donors (Lipinski definition) is 1. The van der Waals surface area contributed by atoms with Gasteiger partial charge >= 0.3 is 0 Å². The Morgan fingerprint density at radius 1 is 1.17 bits per heavy atom. The van der Waals surface area contributed by atoms with Crippen molar-refractivity contribution in [2.24, 2.45) is 0 Å². The van der Waals surface area contributed by atoms with Gasteiger partial charge in [-0.15, -0.1) is 0 Å². The Bertz CT molecular complexity index is 694. The fourth-order valence-electron chi connectivity index (χ4n) is 3.13. The second kappa shape index (κ2) is 6.62. The number of benzene rings is 1. The van der Waals surface area contributed by atoms with Crippen LogP contribution in [-0.4, -0.2) is 31.4 Å². The molecule has 0 atom stereocenters. The van der Waals surface area contributed by atoms with Crippen molar-refractivity contribution in [2.75, 3.05) is 26.1 Å². The molecule has 1 saturated heterocycles. The van der Waals surface area contributed by atoms with E-state index in [1.165, 1.54) is 5.56 Å². The van der Waals surface area contributed by atoms with Crippen molar-refractivity contribution in [3.63, 3.8) is 0 Å². The molecule has 3 rings (SSSR count). The number of nitrogens with two attached hydrogens (primary N) is 1. The lowest BCUT2D eigenvalue weighted by Crippen LogP contribution is -2.15. The van der Waals surface area contributed by atoms with E-state index in [9.17, 15) is 0 Å². The molecule has 1 aliphatic rings. The molecule has 1 aromatic carbocycles. The summed E-state index contributed by atoms with van der Waals surface area (Å²) in [5.41, 5.74) is 8.12. The normalized spacial score (nSPS) is 16.0. The first-order valence-corrected chi connectivity index (χ1v) is 8.11. The SMILES string of the molecule is COc1cc2c(C3CCOCC3)cc(N)nc2cc1OC(C)C. The molecule has 0 aliphatic carbocycles. The van der Waals surface area contributed by atoms with E-state index in [-0.39, 0.29) is 6.10 Å². The van der Waals surface area contributed by atoms with E-state index in [0.29, 0.717) is 17.5 Å². The van der Waals surface area contributed by atoms with Crippen molar-refractivity contribution in [1.29, 1.82) is 0 Å². The molecule has 5 heteroatoms.